The molecule has 1 aromatic carbocycles. The Morgan fingerprint density at radius 2 is 1.80 bits per heavy atom. The number of benzene rings is 1. The molecule has 0 unspecified atom stereocenters. The minimum atomic E-state index is -0.271. The van der Waals surface area contributed by atoms with Crippen molar-refractivity contribution in [2.75, 3.05) is 0 Å². The zero-order chi connectivity index (χ0) is 14.7. The number of hydrogen-bond donors (Lipinski definition) is 1. The highest BCUT2D eigenvalue weighted by atomic mass is 19.1. The average Bonchev–Trinajstić information content (AvgIpc) is 2.37. The van der Waals surface area contributed by atoms with Crippen LogP contribution < -0.4 is 5.32 Å². The third-order valence-corrected chi connectivity index (χ3v) is 3.19. The third kappa shape index (κ3) is 3.39. The summed E-state index contributed by atoms with van der Waals surface area (Å²) in [5.74, 6) is 0.305. The van der Waals surface area contributed by atoms with Crippen LogP contribution in [0.4, 0.5) is 4.39 Å². The summed E-state index contributed by atoms with van der Waals surface area (Å²) in [6.45, 7) is 8.89. The van der Waals surface area contributed by atoms with Gasteiger partial charge < -0.3 is 5.32 Å². The fourth-order valence-corrected chi connectivity index (χ4v) is 2.06. The number of halogens is 1. The molecule has 3 nitrogen and oxygen atoms in total. The Labute approximate surface area is 119 Å². The lowest BCUT2D eigenvalue weighted by Gasteiger charge is -2.13. The molecule has 2 aromatic rings. The van der Waals surface area contributed by atoms with Gasteiger partial charge in [0.15, 0.2) is 5.82 Å². The number of nitrogens with zero attached hydrogens (tertiary/aromatic N) is 2. The molecule has 0 aliphatic carbocycles. The standard InChI is InChI=1S/C16H20FN3/c1-10(2)18-9-15-11(3)19-16(20-12(15)4)13-6-5-7-14(17)8-13/h5-8,10,18H,9H2,1-4H3. The second-order valence-electron chi connectivity index (χ2n) is 5.24. The Balaban J connectivity index is 2.35. The third-order valence-electron chi connectivity index (χ3n) is 3.19. The molecule has 4 heteroatoms. The molecule has 2 rings (SSSR count). The molecule has 0 atom stereocenters. The molecule has 0 aliphatic heterocycles. The summed E-state index contributed by atoms with van der Waals surface area (Å²) in [6.07, 6.45) is 0. The molecule has 1 aromatic heterocycles. The highest BCUT2D eigenvalue weighted by Gasteiger charge is 2.10. The Hall–Kier alpha value is -1.81. The summed E-state index contributed by atoms with van der Waals surface area (Å²) >= 11 is 0. The zero-order valence-corrected chi connectivity index (χ0v) is 12.4. The molecule has 106 valence electrons. The number of rotatable bonds is 4. The van der Waals surface area contributed by atoms with Crippen molar-refractivity contribution in [3.8, 4) is 11.4 Å². The second kappa shape index (κ2) is 6.09. The smallest absolute Gasteiger partial charge is 0.159 e. The normalized spacial score (nSPS) is 11.1. The molecule has 1 heterocycles. The number of aryl methyl sites for hydroxylation is 2. The van der Waals surface area contributed by atoms with Crippen molar-refractivity contribution in [3.05, 3.63) is 47.0 Å². The Morgan fingerprint density at radius 3 is 2.35 bits per heavy atom. The first-order chi connectivity index (χ1) is 9.47. The van der Waals surface area contributed by atoms with E-state index in [0.29, 0.717) is 17.4 Å². The fraction of sp³-hybridized carbons (Fsp3) is 0.375. The van der Waals surface area contributed by atoms with Crippen LogP contribution in [0.3, 0.4) is 0 Å². The molecule has 1 N–H and O–H groups in total. The van der Waals surface area contributed by atoms with Gasteiger partial charge in [-0.2, -0.15) is 0 Å². The van der Waals surface area contributed by atoms with Crippen molar-refractivity contribution < 1.29 is 4.39 Å². The molecule has 0 saturated carbocycles. The molecule has 0 saturated heterocycles. The van der Waals surface area contributed by atoms with Gasteiger partial charge in [0.25, 0.3) is 0 Å². The van der Waals surface area contributed by atoms with Crippen LogP contribution in [0.2, 0.25) is 0 Å². The van der Waals surface area contributed by atoms with Crippen molar-refractivity contribution >= 4 is 0 Å². The Kier molecular flexibility index (Phi) is 4.45. The average molecular weight is 273 g/mol. The number of nitrogens with one attached hydrogen (secondary N) is 1. The van der Waals surface area contributed by atoms with Crippen LogP contribution in [-0.2, 0) is 6.54 Å². The topological polar surface area (TPSA) is 37.8 Å². The van der Waals surface area contributed by atoms with Gasteiger partial charge in [0, 0.05) is 35.1 Å². The first kappa shape index (κ1) is 14.6. The fourth-order valence-electron chi connectivity index (χ4n) is 2.06. The first-order valence-electron chi connectivity index (χ1n) is 6.81. The predicted molar refractivity (Wildman–Crippen MR) is 78.9 cm³/mol. The van der Waals surface area contributed by atoms with Crippen LogP contribution in [0, 0.1) is 19.7 Å². The lowest BCUT2D eigenvalue weighted by Crippen LogP contribution is -2.23. The molecular weight excluding hydrogens is 253 g/mol. The van der Waals surface area contributed by atoms with Gasteiger partial charge in [0.05, 0.1) is 0 Å². The predicted octanol–water partition coefficient (Wildman–Crippen LogP) is 3.40. The summed E-state index contributed by atoms with van der Waals surface area (Å²) in [5.41, 5.74) is 3.69. The van der Waals surface area contributed by atoms with Crippen LogP contribution in [-0.4, -0.2) is 16.0 Å². The van der Waals surface area contributed by atoms with Gasteiger partial charge in [0.1, 0.15) is 5.82 Å². The molecule has 0 radical (unpaired) electrons. The van der Waals surface area contributed by atoms with E-state index in [1.54, 1.807) is 6.07 Å². The van der Waals surface area contributed by atoms with Gasteiger partial charge in [-0.15, -0.1) is 0 Å². The van der Waals surface area contributed by atoms with E-state index >= 15 is 0 Å². The van der Waals surface area contributed by atoms with Crippen molar-refractivity contribution in [3.63, 3.8) is 0 Å². The van der Waals surface area contributed by atoms with E-state index in [-0.39, 0.29) is 5.82 Å². The van der Waals surface area contributed by atoms with Crippen LogP contribution >= 0.6 is 0 Å². The maximum absolute atomic E-state index is 13.3. The second-order valence-corrected chi connectivity index (χ2v) is 5.24. The van der Waals surface area contributed by atoms with Crippen LogP contribution in [0.5, 0.6) is 0 Å². The maximum atomic E-state index is 13.3. The van der Waals surface area contributed by atoms with E-state index in [2.05, 4.69) is 29.1 Å². The molecule has 20 heavy (non-hydrogen) atoms. The van der Waals surface area contributed by atoms with Gasteiger partial charge in [0.2, 0.25) is 0 Å². The monoisotopic (exact) mass is 273 g/mol. The summed E-state index contributed by atoms with van der Waals surface area (Å²) in [7, 11) is 0. The van der Waals surface area contributed by atoms with Gasteiger partial charge in [-0.3, -0.25) is 0 Å². The van der Waals surface area contributed by atoms with Crippen molar-refractivity contribution in [1.29, 1.82) is 0 Å². The summed E-state index contributed by atoms with van der Waals surface area (Å²) in [5, 5.41) is 3.37. The first-order valence-corrected chi connectivity index (χ1v) is 6.81. The highest BCUT2D eigenvalue weighted by molar-refractivity contribution is 5.55. The SMILES string of the molecule is Cc1nc(-c2cccc(F)c2)nc(C)c1CNC(C)C. The Morgan fingerprint density at radius 1 is 1.15 bits per heavy atom. The summed E-state index contributed by atoms with van der Waals surface area (Å²) in [6, 6.07) is 6.79. The zero-order valence-electron chi connectivity index (χ0n) is 12.4. The quantitative estimate of drug-likeness (QED) is 0.927. The molecule has 0 aliphatic rings. The van der Waals surface area contributed by atoms with E-state index in [1.807, 2.05) is 19.9 Å². The lowest BCUT2D eigenvalue weighted by atomic mass is 10.1. The summed E-state index contributed by atoms with van der Waals surface area (Å²) < 4.78 is 13.3. The van der Waals surface area contributed by atoms with Gasteiger partial charge in [-0.05, 0) is 26.0 Å². The lowest BCUT2D eigenvalue weighted by molar-refractivity contribution is 0.583. The Bertz CT molecular complexity index is 585. The van der Waals surface area contributed by atoms with E-state index < -0.39 is 0 Å². The van der Waals surface area contributed by atoms with Gasteiger partial charge >= 0.3 is 0 Å². The van der Waals surface area contributed by atoms with E-state index in [9.17, 15) is 4.39 Å². The largest absolute Gasteiger partial charge is 0.310 e. The molecule has 0 bridgehead atoms. The van der Waals surface area contributed by atoms with E-state index in [1.165, 1.54) is 12.1 Å². The molecule has 0 amide bonds. The van der Waals surface area contributed by atoms with Gasteiger partial charge in [-0.25, -0.2) is 14.4 Å². The van der Waals surface area contributed by atoms with Crippen LogP contribution in [0.15, 0.2) is 24.3 Å². The van der Waals surface area contributed by atoms with Crippen molar-refractivity contribution in [2.45, 2.75) is 40.3 Å². The number of aromatic nitrogens is 2. The van der Waals surface area contributed by atoms with E-state index in [0.717, 1.165) is 23.5 Å². The van der Waals surface area contributed by atoms with Crippen LogP contribution in [0.25, 0.3) is 11.4 Å². The van der Waals surface area contributed by atoms with E-state index in [4.69, 9.17) is 0 Å². The molecule has 0 fully saturated rings. The minimum absolute atomic E-state index is 0.271. The molecular formula is C16H20FN3. The molecule has 0 spiro atoms. The number of hydrogen-bond acceptors (Lipinski definition) is 3. The van der Waals surface area contributed by atoms with Crippen LogP contribution in [0.1, 0.15) is 30.8 Å². The maximum Gasteiger partial charge on any atom is 0.159 e. The van der Waals surface area contributed by atoms with Crippen molar-refractivity contribution in [1.82, 2.24) is 15.3 Å². The highest BCUT2D eigenvalue weighted by Crippen LogP contribution is 2.19. The van der Waals surface area contributed by atoms with Crippen molar-refractivity contribution in [2.24, 2.45) is 0 Å². The summed E-state index contributed by atoms with van der Waals surface area (Å²) in [4.78, 5) is 9.01. The minimum Gasteiger partial charge on any atom is -0.310 e. The van der Waals surface area contributed by atoms with Gasteiger partial charge in [-0.1, -0.05) is 26.0 Å².